The summed E-state index contributed by atoms with van der Waals surface area (Å²) < 4.78 is 31.7. The summed E-state index contributed by atoms with van der Waals surface area (Å²) in [5.74, 6) is 1.32. The van der Waals surface area contributed by atoms with Crippen molar-refractivity contribution in [2.24, 2.45) is 0 Å². The van der Waals surface area contributed by atoms with Crippen LogP contribution >= 0.6 is 0 Å². The Morgan fingerprint density at radius 1 is 1.35 bits per heavy atom. The molecule has 0 unspecified atom stereocenters. The lowest BCUT2D eigenvalue weighted by atomic mass is 10.1. The number of rotatable bonds is 6. The molecule has 0 saturated carbocycles. The standard InChI is InChI=1S/C13H17N3O3S/c1-10-14-9-13(16-10)20(17,18)15-8-7-11-5-3-4-6-12(11)19-2/h3-6,9,15H,7-8H2,1-2H3,(H,14,16). The van der Waals surface area contributed by atoms with Crippen LogP contribution in [-0.4, -0.2) is 32.0 Å². The van der Waals surface area contributed by atoms with E-state index in [0.29, 0.717) is 18.8 Å². The summed E-state index contributed by atoms with van der Waals surface area (Å²) in [5, 5.41) is 0.0787. The Morgan fingerprint density at radius 2 is 2.10 bits per heavy atom. The molecule has 0 amide bonds. The number of aromatic nitrogens is 2. The van der Waals surface area contributed by atoms with Crippen LogP contribution in [0.2, 0.25) is 0 Å². The molecule has 1 aromatic carbocycles. The van der Waals surface area contributed by atoms with Crippen LogP contribution in [-0.2, 0) is 16.4 Å². The van der Waals surface area contributed by atoms with E-state index in [4.69, 9.17) is 4.74 Å². The summed E-state index contributed by atoms with van der Waals surface area (Å²) in [6, 6.07) is 7.53. The molecule has 0 saturated heterocycles. The molecule has 7 heteroatoms. The highest BCUT2D eigenvalue weighted by atomic mass is 32.2. The van der Waals surface area contributed by atoms with Gasteiger partial charge in [-0.15, -0.1) is 0 Å². The van der Waals surface area contributed by atoms with E-state index in [0.717, 1.165) is 11.3 Å². The molecule has 1 aromatic heterocycles. The molecule has 0 fully saturated rings. The van der Waals surface area contributed by atoms with Gasteiger partial charge in [-0.1, -0.05) is 18.2 Å². The number of nitrogens with one attached hydrogen (secondary N) is 2. The molecule has 0 aliphatic rings. The Labute approximate surface area is 118 Å². The molecule has 6 nitrogen and oxygen atoms in total. The minimum atomic E-state index is -3.54. The van der Waals surface area contributed by atoms with Crippen molar-refractivity contribution >= 4 is 10.0 Å². The summed E-state index contributed by atoms with van der Waals surface area (Å²) >= 11 is 0. The number of sulfonamides is 1. The lowest BCUT2D eigenvalue weighted by molar-refractivity contribution is 0.409. The topological polar surface area (TPSA) is 84.1 Å². The van der Waals surface area contributed by atoms with Crippen LogP contribution in [0.4, 0.5) is 0 Å². The second-order valence-corrected chi connectivity index (χ2v) is 6.03. The van der Waals surface area contributed by atoms with Crippen molar-refractivity contribution in [3.05, 3.63) is 41.9 Å². The number of imidazole rings is 1. The fourth-order valence-corrected chi connectivity index (χ4v) is 2.84. The normalized spacial score (nSPS) is 11.5. The van der Waals surface area contributed by atoms with Gasteiger partial charge in [-0.25, -0.2) is 18.1 Å². The molecule has 2 rings (SSSR count). The highest BCUT2D eigenvalue weighted by molar-refractivity contribution is 7.89. The Kier molecular flexibility index (Phi) is 4.41. The predicted molar refractivity (Wildman–Crippen MR) is 75.2 cm³/mol. The number of benzene rings is 1. The molecule has 2 N–H and O–H groups in total. The average molecular weight is 295 g/mol. The van der Waals surface area contributed by atoms with Gasteiger partial charge in [-0.05, 0) is 25.0 Å². The second-order valence-electron chi connectivity index (χ2n) is 4.29. The Hall–Kier alpha value is -1.86. The first kappa shape index (κ1) is 14.5. The van der Waals surface area contributed by atoms with Gasteiger partial charge in [0.05, 0.1) is 13.3 Å². The van der Waals surface area contributed by atoms with Gasteiger partial charge in [0.15, 0.2) is 5.03 Å². The Bertz CT molecular complexity index is 680. The largest absolute Gasteiger partial charge is 0.496 e. The third kappa shape index (κ3) is 3.37. The van der Waals surface area contributed by atoms with Crippen molar-refractivity contribution < 1.29 is 13.2 Å². The second kappa shape index (κ2) is 6.06. The summed E-state index contributed by atoms with van der Waals surface area (Å²) in [6.07, 6.45) is 1.86. The van der Waals surface area contributed by atoms with E-state index in [1.165, 1.54) is 6.20 Å². The molecular weight excluding hydrogens is 278 g/mol. The van der Waals surface area contributed by atoms with Crippen molar-refractivity contribution in [2.45, 2.75) is 18.4 Å². The van der Waals surface area contributed by atoms with Gasteiger partial charge < -0.3 is 9.72 Å². The first-order valence-electron chi connectivity index (χ1n) is 6.16. The molecule has 108 valence electrons. The first-order chi connectivity index (χ1) is 9.53. The maximum absolute atomic E-state index is 12.0. The molecule has 0 radical (unpaired) electrons. The van der Waals surface area contributed by atoms with Crippen molar-refractivity contribution in [3.8, 4) is 5.75 Å². The van der Waals surface area contributed by atoms with Gasteiger partial charge in [0.25, 0.3) is 10.0 Å². The molecule has 1 heterocycles. The van der Waals surface area contributed by atoms with E-state index in [-0.39, 0.29) is 5.03 Å². The molecule has 20 heavy (non-hydrogen) atoms. The number of ether oxygens (including phenoxy) is 1. The smallest absolute Gasteiger partial charge is 0.257 e. The van der Waals surface area contributed by atoms with Gasteiger partial charge in [0.2, 0.25) is 0 Å². The van der Waals surface area contributed by atoms with E-state index in [9.17, 15) is 8.42 Å². The lowest BCUT2D eigenvalue weighted by Gasteiger charge is -2.08. The third-order valence-corrected chi connectivity index (χ3v) is 4.22. The Balaban J connectivity index is 1.99. The molecule has 2 aromatic rings. The fourth-order valence-electron chi connectivity index (χ4n) is 1.84. The summed E-state index contributed by atoms with van der Waals surface area (Å²) in [4.78, 5) is 6.58. The maximum Gasteiger partial charge on any atom is 0.257 e. The predicted octanol–water partition coefficient (Wildman–Crippen LogP) is 1.25. The number of H-pyrrole nitrogens is 1. The zero-order chi connectivity index (χ0) is 14.6. The minimum absolute atomic E-state index is 0.0787. The van der Waals surface area contributed by atoms with Crippen LogP contribution in [0.15, 0.2) is 35.5 Å². The third-order valence-electron chi connectivity index (χ3n) is 2.85. The van der Waals surface area contributed by atoms with Gasteiger partial charge in [-0.3, -0.25) is 0 Å². The summed E-state index contributed by atoms with van der Waals surface area (Å²) in [5.41, 5.74) is 0.957. The average Bonchev–Trinajstić information content (AvgIpc) is 2.87. The van der Waals surface area contributed by atoms with Gasteiger partial charge in [0, 0.05) is 6.54 Å². The van der Waals surface area contributed by atoms with E-state index in [1.807, 2.05) is 24.3 Å². The molecule has 0 aliphatic heterocycles. The van der Waals surface area contributed by atoms with Crippen molar-refractivity contribution in [1.82, 2.24) is 14.7 Å². The highest BCUT2D eigenvalue weighted by Crippen LogP contribution is 2.17. The van der Waals surface area contributed by atoms with Gasteiger partial charge in [-0.2, -0.15) is 0 Å². The fraction of sp³-hybridized carbons (Fsp3) is 0.308. The van der Waals surface area contributed by atoms with Crippen LogP contribution in [0.1, 0.15) is 11.4 Å². The number of nitrogens with zero attached hydrogens (tertiary/aromatic N) is 1. The lowest BCUT2D eigenvalue weighted by Crippen LogP contribution is -2.26. The van der Waals surface area contributed by atoms with E-state index < -0.39 is 10.0 Å². The number of aryl methyl sites for hydroxylation is 1. The summed E-state index contributed by atoms with van der Waals surface area (Å²) in [7, 11) is -1.94. The number of hydrogen-bond donors (Lipinski definition) is 2. The highest BCUT2D eigenvalue weighted by Gasteiger charge is 2.15. The number of hydrogen-bond acceptors (Lipinski definition) is 4. The van der Waals surface area contributed by atoms with Crippen LogP contribution in [0.3, 0.4) is 0 Å². The first-order valence-corrected chi connectivity index (χ1v) is 7.64. The maximum atomic E-state index is 12.0. The van der Waals surface area contributed by atoms with E-state index in [1.54, 1.807) is 14.0 Å². The molecule has 0 atom stereocenters. The number of methoxy groups -OCH3 is 1. The monoisotopic (exact) mass is 295 g/mol. The van der Waals surface area contributed by atoms with Crippen LogP contribution in [0.25, 0.3) is 0 Å². The molecule has 0 aliphatic carbocycles. The number of para-hydroxylation sites is 1. The zero-order valence-corrected chi connectivity index (χ0v) is 12.2. The van der Waals surface area contributed by atoms with Gasteiger partial charge >= 0.3 is 0 Å². The van der Waals surface area contributed by atoms with Crippen LogP contribution in [0, 0.1) is 6.92 Å². The minimum Gasteiger partial charge on any atom is -0.496 e. The SMILES string of the molecule is COc1ccccc1CCNS(=O)(=O)c1cnc(C)[nH]1. The van der Waals surface area contributed by atoms with E-state index >= 15 is 0 Å². The van der Waals surface area contributed by atoms with Crippen molar-refractivity contribution in [2.75, 3.05) is 13.7 Å². The zero-order valence-electron chi connectivity index (χ0n) is 11.4. The van der Waals surface area contributed by atoms with Crippen LogP contribution < -0.4 is 9.46 Å². The summed E-state index contributed by atoms with van der Waals surface area (Å²) in [6.45, 7) is 1.99. The Morgan fingerprint density at radius 3 is 2.75 bits per heavy atom. The molecule has 0 bridgehead atoms. The van der Waals surface area contributed by atoms with Gasteiger partial charge in [0.1, 0.15) is 11.6 Å². The van der Waals surface area contributed by atoms with Crippen LogP contribution in [0.5, 0.6) is 5.75 Å². The molecule has 0 spiro atoms. The van der Waals surface area contributed by atoms with Crippen molar-refractivity contribution in [1.29, 1.82) is 0 Å². The quantitative estimate of drug-likeness (QED) is 0.840. The molecular formula is C13H17N3O3S. The number of aromatic amines is 1. The van der Waals surface area contributed by atoms with Crippen molar-refractivity contribution in [3.63, 3.8) is 0 Å². The van der Waals surface area contributed by atoms with E-state index in [2.05, 4.69) is 14.7 Å².